The molecule has 0 aromatic heterocycles. The molecule has 1 heterocycles. The van der Waals surface area contributed by atoms with Crippen LogP contribution in [0.4, 0.5) is 10.5 Å². The van der Waals surface area contributed by atoms with Gasteiger partial charge in [0, 0.05) is 12.2 Å². The van der Waals surface area contributed by atoms with Crippen LogP contribution in [0.3, 0.4) is 0 Å². The highest BCUT2D eigenvalue weighted by Crippen LogP contribution is 2.35. The number of amides is 4. The Hall–Kier alpha value is -3.55. The number of nitrogens with one attached hydrogen (secondary N) is 1. The van der Waals surface area contributed by atoms with Crippen molar-refractivity contribution in [1.29, 1.82) is 0 Å². The smallest absolute Gasteiger partial charge is 0.325 e. The summed E-state index contributed by atoms with van der Waals surface area (Å²) in [5.74, 6) is 0.102. The number of carbonyl (C=O) groups is 3. The van der Waals surface area contributed by atoms with Gasteiger partial charge in [-0.3, -0.25) is 14.5 Å². The van der Waals surface area contributed by atoms with Crippen molar-refractivity contribution in [3.63, 3.8) is 0 Å². The van der Waals surface area contributed by atoms with E-state index < -0.39 is 17.5 Å². The fraction of sp³-hybridized carbons (Fsp3) is 0.318. The van der Waals surface area contributed by atoms with Crippen LogP contribution in [0.2, 0.25) is 0 Å². The third kappa shape index (κ3) is 3.68. The van der Waals surface area contributed by atoms with Crippen molar-refractivity contribution in [3.8, 4) is 11.5 Å². The number of methoxy groups -OCH3 is 2. The molecule has 1 fully saturated rings. The molecule has 0 aliphatic carbocycles. The molecule has 1 N–H and O–H groups in total. The molecule has 0 saturated carbocycles. The van der Waals surface area contributed by atoms with E-state index in [1.54, 1.807) is 37.3 Å². The second-order valence-electron chi connectivity index (χ2n) is 6.99. The van der Waals surface area contributed by atoms with Crippen LogP contribution in [-0.2, 0) is 15.1 Å². The zero-order chi connectivity index (χ0) is 21.9. The lowest BCUT2D eigenvalue weighted by molar-refractivity contribution is -0.134. The highest BCUT2D eigenvalue weighted by molar-refractivity contribution is 6.10. The van der Waals surface area contributed by atoms with Crippen LogP contribution in [0, 0.1) is 0 Å². The number of hydrogen-bond donors (Lipinski definition) is 1. The van der Waals surface area contributed by atoms with Gasteiger partial charge in [0.25, 0.3) is 5.91 Å². The Morgan fingerprint density at radius 2 is 1.73 bits per heavy atom. The summed E-state index contributed by atoms with van der Waals surface area (Å²) < 4.78 is 10.5. The molecule has 8 nitrogen and oxygen atoms in total. The molecule has 0 radical (unpaired) electrons. The number of benzene rings is 2. The number of anilines is 1. The summed E-state index contributed by atoms with van der Waals surface area (Å²) >= 11 is 0. The molecule has 8 heteroatoms. The quantitative estimate of drug-likeness (QED) is 0.708. The highest BCUT2D eigenvalue weighted by Gasteiger charge is 2.50. The molecule has 30 heavy (non-hydrogen) atoms. The number of imide groups is 1. The van der Waals surface area contributed by atoms with E-state index in [-0.39, 0.29) is 12.5 Å². The lowest BCUT2D eigenvalue weighted by Gasteiger charge is -2.25. The summed E-state index contributed by atoms with van der Waals surface area (Å²) in [7, 11) is 3.01. The van der Waals surface area contributed by atoms with Gasteiger partial charge in [-0.1, -0.05) is 24.3 Å². The lowest BCUT2D eigenvalue weighted by atomic mass is 9.91. The molecule has 1 aliphatic rings. The molecule has 1 saturated heterocycles. The summed E-state index contributed by atoms with van der Waals surface area (Å²) in [6.07, 6.45) is 0. The summed E-state index contributed by atoms with van der Waals surface area (Å²) in [4.78, 5) is 41.1. The van der Waals surface area contributed by atoms with Crippen molar-refractivity contribution >= 4 is 23.5 Å². The van der Waals surface area contributed by atoms with Crippen LogP contribution < -0.4 is 19.7 Å². The molecule has 0 bridgehead atoms. The van der Waals surface area contributed by atoms with Crippen molar-refractivity contribution in [2.45, 2.75) is 19.4 Å². The number of nitrogens with zero attached hydrogens (tertiary/aromatic N) is 2. The number of rotatable bonds is 7. The van der Waals surface area contributed by atoms with E-state index in [2.05, 4.69) is 5.32 Å². The zero-order valence-corrected chi connectivity index (χ0v) is 17.5. The van der Waals surface area contributed by atoms with E-state index in [4.69, 9.17) is 9.47 Å². The Morgan fingerprint density at radius 1 is 1.07 bits per heavy atom. The highest BCUT2D eigenvalue weighted by atomic mass is 16.5. The van der Waals surface area contributed by atoms with E-state index in [1.165, 1.54) is 19.1 Å². The SMILES string of the molecule is CCN(C(=O)CN1C(=O)N[C@@](C)(c2ccc(OC)c(OC)c2)C1=O)c1ccccc1. The number of carbonyl (C=O) groups excluding carboxylic acids is 3. The number of likely N-dealkylation sites (N-methyl/N-ethyl adjacent to an activating group) is 1. The average molecular weight is 411 g/mol. The zero-order valence-electron chi connectivity index (χ0n) is 17.5. The Kier molecular flexibility index (Phi) is 5.96. The van der Waals surface area contributed by atoms with E-state index in [0.717, 1.165) is 4.90 Å². The molecule has 3 rings (SSSR count). The van der Waals surface area contributed by atoms with Gasteiger partial charge in [-0.05, 0) is 43.7 Å². The number of ether oxygens (including phenoxy) is 2. The number of para-hydroxylation sites is 1. The summed E-state index contributed by atoms with van der Waals surface area (Å²) in [5.41, 5.74) is -0.0793. The first kappa shape index (κ1) is 21.2. The van der Waals surface area contributed by atoms with Crippen LogP contribution in [0.25, 0.3) is 0 Å². The van der Waals surface area contributed by atoms with Crippen molar-refractivity contribution in [2.24, 2.45) is 0 Å². The molecular formula is C22H25N3O5. The fourth-order valence-corrected chi connectivity index (χ4v) is 3.51. The van der Waals surface area contributed by atoms with Crippen molar-refractivity contribution in [1.82, 2.24) is 10.2 Å². The first-order valence-electron chi connectivity index (χ1n) is 9.57. The lowest BCUT2D eigenvalue weighted by Crippen LogP contribution is -2.44. The van der Waals surface area contributed by atoms with Crippen LogP contribution in [0.1, 0.15) is 19.4 Å². The summed E-state index contributed by atoms with van der Waals surface area (Å²) in [5, 5.41) is 2.71. The van der Waals surface area contributed by atoms with Gasteiger partial charge in [-0.2, -0.15) is 0 Å². The van der Waals surface area contributed by atoms with Gasteiger partial charge in [-0.15, -0.1) is 0 Å². The standard InChI is InChI=1S/C22H25N3O5/c1-5-24(16-9-7-6-8-10-16)19(26)14-25-20(27)22(2,23-21(25)28)15-11-12-17(29-3)18(13-15)30-4/h6-13H,5,14H2,1-4H3,(H,23,28)/t22-/m0/s1. The maximum Gasteiger partial charge on any atom is 0.325 e. The van der Waals surface area contributed by atoms with Crippen molar-refractivity contribution in [2.75, 3.05) is 32.2 Å². The molecule has 4 amide bonds. The maximum atomic E-state index is 13.2. The summed E-state index contributed by atoms with van der Waals surface area (Å²) in [6, 6.07) is 13.5. The van der Waals surface area contributed by atoms with E-state index in [9.17, 15) is 14.4 Å². The van der Waals surface area contributed by atoms with Gasteiger partial charge < -0.3 is 19.7 Å². The number of urea groups is 1. The second-order valence-corrected chi connectivity index (χ2v) is 6.99. The predicted octanol–water partition coefficient (Wildman–Crippen LogP) is 2.52. The average Bonchev–Trinajstić information content (AvgIpc) is 2.98. The van der Waals surface area contributed by atoms with Crippen molar-refractivity contribution < 1.29 is 23.9 Å². The van der Waals surface area contributed by atoms with Crippen LogP contribution in [0.5, 0.6) is 11.5 Å². The molecule has 158 valence electrons. The topological polar surface area (TPSA) is 88.2 Å². The fourth-order valence-electron chi connectivity index (χ4n) is 3.51. The van der Waals surface area contributed by atoms with E-state index >= 15 is 0 Å². The normalized spacial score (nSPS) is 18.2. The molecule has 0 spiro atoms. The Morgan fingerprint density at radius 3 is 2.33 bits per heavy atom. The van der Waals surface area contributed by atoms with Crippen LogP contribution in [-0.4, -0.2) is 50.1 Å². The van der Waals surface area contributed by atoms with Gasteiger partial charge in [-0.25, -0.2) is 4.79 Å². The van der Waals surface area contributed by atoms with Crippen LogP contribution >= 0.6 is 0 Å². The van der Waals surface area contributed by atoms with Crippen LogP contribution in [0.15, 0.2) is 48.5 Å². The third-order valence-electron chi connectivity index (χ3n) is 5.21. The third-order valence-corrected chi connectivity index (χ3v) is 5.21. The number of hydrogen-bond acceptors (Lipinski definition) is 5. The molecule has 2 aromatic carbocycles. The van der Waals surface area contributed by atoms with Gasteiger partial charge >= 0.3 is 6.03 Å². The second kappa shape index (κ2) is 8.44. The van der Waals surface area contributed by atoms with Gasteiger partial charge in [0.2, 0.25) is 5.91 Å². The monoisotopic (exact) mass is 411 g/mol. The first-order chi connectivity index (χ1) is 14.3. The Balaban J connectivity index is 1.84. The molecule has 1 aliphatic heterocycles. The van der Waals surface area contributed by atoms with Gasteiger partial charge in [0.1, 0.15) is 12.1 Å². The predicted molar refractivity (Wildman–Crippen MR) is 112 cm³/mol. The molecule has 1 atom stereocenters. The molecule has 0 unspecified atom stereocenters. The van der Waals surface area contributed by atoms with Crippen molar-refractivity contribution in [3.05, 3.63) is 54.1 Å². The molecular weight excluding hydrogens is 386 g/mol. The Labute approximate surface area is 175 Å². The van der Waals surface area contributed by atoms with E-state index in [0.29, 0.717) is 29.3 Å². The minimum absolute atomic E-state index is 0.344. The van der Waals surface area contributed by atoms with Gasteiger partial charge in [0.05, 0.1) is 14.2 Å². The largest absolute Gasteiger partial charge is 0.493 e. The molecule has 2 aromatic rings. The maximum absolute atomic E-state index is 13.2. The minimum atomic E-state index is -1.32. The van der Waals surface area contributed by atoms with Gasteiger partial charge in [0.15, 0.2) is 11.5 Å². The Bertz CT molecular complexity index is 963. The summed E-state index contributed by atoms with van der Waals surface area (Å²) in [6.45, 7) is 3.51. The minimum Gasteiger partial charge on any atom is -0.493 e. The van der Waals surface area contributed by atoms with E-state index in [1.807, 2.05) is 25.1 Å². The first-order valence-corrected chi connectivity index (χ1v) is 9.57.